The minimum absolute atomic E-state index is 0.239. The number of hydrogen-bond donors (Lipinski definition) is 1. The maximum absolute atomic E-state index is 12.9. The Morgan fingerprint density at radius 3 is 2.29 bits per heavy atom. The number of esters is 1. The van der Waals surface area contributed by atoms with E-state index in [0.717, 1.165) is 11.3 Å². The summed E-state index contributed by atoms with van der Waals surface area (Å²) in [5.41, 5.74) is 2.30. The SMILES string of the molecule is COC(=O)C(C)c1cccc(NC(=O)c2cccc(N3CCN(C(=O)OC(C)(C)C)CC3)c2)c1. The number of benzene rings is 2. The average molecular weight is 468 g/mol. The average Bonchev–Trinajstić information content (AvgIpc) is 2.82. The van der Waals surface area contributed by atoms with Crippen molar-refractivity contribution < 1.29 is 23.9 Å². The fraction of sp³-hybridized carbons (Fsp3) is 0.423. The van der Waals surface area contributed by atoms with Crippen LogP contribution in [-0.4, -0.2) is 61.8 Å². The van der Waals surface area contributed by atoms with E-state index in [1.54, 1.807) is 36.1 Å². The lowest BCUT2D eigenvalue weighted by Crippen LogP contribution is -2.50. The van der Waals surface area contributed by atoms with E-state index in [1.807, 2.05) is 45.0 Å². The molecule has 1 heterocycles. The Morgan fingerprint density at radius 1 is 0.971 bits per heavy atom. The molecule has 1 aliphatic rings. The van der Waals surface area contributed by atoms with Crippen molar-refractivity contribution in [3.05, 3.63) is 59.7 Å². The van der Waals surface area contributed by atoms with Crippen molar-refractivity contribution in [1.29, 1.82) is 0 Å². The van der Waals surface area contributed by atoms with Gasteiger partial charge in [0.15, 0.2) is 0 Å². The quantitative estimate of drug-likeness (QED) is 0.661. The summed E-state index contributed by atoms with van der Waals surface area (Å²) in [6.45, 7) is 9.73. The van der Waals surface area contributed by atoms with Crippen LogP contribution >= 0.6 is 0 Å². The van der Waals surface area contributed by atoms with Crippen molar-refractivity contribution in [1.82, 2.24) is 4.90 Å². The number of nitrogens with one attached hydrogen (secondary N) is 1. The normalized spacial score (nSPS) is 14.9. The number of anilines is 2. The lowest BCUT2D eigenvalue weighted by molar-refractivity contribution is -0.142. The van der Waals surface area contributed by atoms with Gasteiger partial charge < -0.3 is 24.6 Å². The van der Waals surface area contributed by atoms with E-state index in [1.165, 1.54) is 7.11 Å². The summed E-state index contributed by atoms with van der Waals surface area (Å²) >= 11 is 0. The van der Waals surface area contributed by atoms with Gasteiger partial charge in [-0.2, -0.15) is 0 Å². The largest absolute Gasteiger partial charge is 0.469 e. The van der Waals surface area contributed by atoms with E-state index < -0.39 is 11.5 Å². The van der Waals surface area contributed by atoms with E-state index in [9.17, 15) is 14.4 Å². The van der Waals surface area contributed by atoms with Gasteiger partial charge in [0.2, 0.25) is 0 Å². The second kappa shape index (κ2) is 10.6. The molecule has 2 aromatic carbocycles. The van der Waals surface area contributed by atoms with Crippen LogP contribution in [0.3, 0.4) is 0 Å². The molecule has 1 saturated heterocycles. The Balaban J connectivity index is 1.63. The number of piperazine rings is 1. The third-order valence-corrected chi connectivity index (χ3v) is 5.60. The fourth-order valence-corrected chi connectivity index (χ4v) is 3.72. The van der Waals surface area contributed by atoms with Crippen LogP contribution in [0.2, 0.25) is 0 Å². The van der Waals surface area contributed by atoms with Gasteiger partial charge in [0.25, 0.3) is 5.91 Å². The highest BCUT2D eigenvalue weighted by Crippen LogP contribution is 2.23. The number of hydrogen-bond acceptors (Lipinski definition) is 6. The third kappa shape index (κ3) is 6.50. The van der Waals surface area contributed by atoms with Gasteiger partial charge >= 0.3 is 12.1 Å². The Bertz CT molecular complexity index is 1040. The Kier molecular flexibility index (Phi) is 7.81. The molecule has 0 spiro atoms. The first kappa shape index (κ1) is 25.1. The maximum atomic E-state index is 12.9. The third-order valence-electron chi connectivity index (χ3n) is 5.60. The number of carbonyl (C=O) groups is 3. The summed E-state index contributed by atoms with van der Waals surface area (Å²) < 4.78 is 10.3. The van der Waals surface area contributed by atoms with Gasteiger partial charge in [0, 0.05) is 43.1 Å². The number of methoxy groups -OCH3 is 1. The van der Waals surface area contributed by atoms with Gasteiger partial charge in [-0.3, -0.25) is 9.59 Å². The standard InChI is InChI=1S/C26H33N3O5/c1-18(24(31)33-5)19-8-6-10-21(16-19)27-23(30)20-9-7-11-22(17-20)28-12-14-29(15-13-28)25(32)34-26(2,3)4/h6-11,16-18H,12-15H2,1-5H3,(H,27,30). The number of amides is 2. The summed E-state index contributed by atoms with van der Waals surface area (Å²) in [7, 11) is 1.36. The van der Waals surface area contributed by atoms with E-state index in [0.29, 0.717) is 37.4 Å². The van der Waals surface area contributed by atoms with Gasteiger partial charge in [0.1, 0.15) is 5.60 Å². The molecular formula is C26H33N3O5. The van der Waals surface area contributed by atoms with Crippen LogP contribution in [0.5, 0.6) is 0 Å². The molecule has 3 rings (SSSR count). The highest BCUT2D eigenvalue weighted by atomic mass is 16.6. The first-order chi connectivity index (χ1) is 16.1. The Labute approximate surface area is 200 Å². The summed E-state index contributed by atoms with van der Waals surface area (Å²) in [4.78, 5) is 40.9. The molecule has 1 atom stereocenters. The molecule has 2 amide bonds. The molecule has 0 radical (unpaired) electrons. The summed E-state index contributed by atoms with van der Waals surface area (Å²) in [6.07, 6.45) is -0.302. The topological polar surface area (TPSA) is 88.2 Å². The summed E-state index contributed by atoms with van der Waals surface area (Å²) in [6, 6.07) is 14.6. The molecule has 0 aliphatic carbocycles. The zero-order chi connectivity index (χ0) is 24.9. The number of ether oxygens (including phenoxy) is 2. The van der Waals surface area contributed by atoms with Gasteiger partial charge in [-0.15, -0.1) is 0 Å². The number of carbonyl (C=O) groups excluding carboxylic acids is 3. The van der Waals surface area contributed by atoms with Crippen molar-refractivity contribution >= 4 is 29.3 Å². The van der Waals surface area contributed by atoms with Crippen molar-refractivity contribution in [2.75, 3.05) is 43.5 Å². The highest BCUT2D eigenvalue weighted by molar-refractivity contribution is 6.05. The van der Waals surface area contributed by atoms with Crippen LogP contribution in [0, 0.1) is 0 Å². The number of nitrogens with zero attached hydrogens (tertiary/aromatic N) is 2. The monoisotopic (exact) mass is 467 g/mol. The molecule has 8 nitrogen and oxygen atoms in total. The second-order valence-corrected chi connectivity index (χ2v) is 9.33. The fourth-order valence-electron chi connectivity index (χ4n) is 3.72. The van der Waals surface area contributed by atoms with Gasteiger partial charge in [-0.1, -0.05) is 18.2 Å². The molecule has 0 aromatic heterocycles. The molecule has 1 fully saturated rings. The predicted molar refractivity (Wildman–Crippen MR) is 131 cm³/mol. The Morgan fingerprint density at radius 2 is 1.65 bits per heavy atom. The van der Waals surface area contributed by atoms with Crippen molar-refractivity contribution in [3.8, 4) is 0 Å². The van der Waals surface area contributed by atoms with E-state index in [4.69, 9.17) is 9.47 Å². The molecule has 8 heteroatoms. The van der Waals surface area contributed by atoms with Crippen LogP contribution < -0.4 is 10.2 Å². The predicted octanol–water partition coefficient (Wildman–Crippen LogP) is 4.27. The minimum atomic E-state index is -0.521. The van der Waals surface area contributed by atoms with Gasteiger partial charge in [0.05, 0.1) is 13.0 Å². The molecule has 182 valence electrons. The first-order valence-electron chi connectivity index (χ1n) is 11.4. The molecule has 1 N–H and O–H groups in total. The smallest absolute Gasteiger partial charge is 0.410 e. The van der Waals surface area contributed by atoms with E-state index in [-0.39, 0.29) is 18.0 Å². The second-order valence-electron chi connectivity index (χ2n) is 9.33. The molecule has 1 aliphatic heterocycles. The zero-order valence-corrected chi connectivity index (χ0v) is 20.5. The first-order valence-corrected chi connectivity index (χ1v) is 11.4. The lowest BCUT2D eigenvalue weighted by atomic mass is 10.0. The van der Waals surface area contributed by atoms with Gasteiger partial charge in [-0.25, -0.2) is 4.79 Å². The van der Waals surface area contributed by atoms with Crippen LogP contribution in [-0.2, 0) is 14.3 Å². The maximum Gasteiger partial charge on any atom is 0.410 e. The summed E-state index contributed by atoms with van der Waals surface area (Å²) in [5, 5.41) is 2.91. The van der Waals surface area contributed by atoms with Crippen LogP contribution in [0.1, 0.15) is 49.5 Å². The van der Waals surface area contributed by atoms with Crippen LogP contribution in [0.25, 0.3) is 0 Å². The highest BCUT2D eigenvalue weighted by Gasteiger charge is 2.26. The van der Waals surface area contributed by atoms with Crippen molar-refractivity contribution in [3.63, 3.8) is 0 Å². The minimum Gasteiger partial charge on any atom is -0.469 e. The van der Waals surface area contributed by atoms with Gasteiger partial charge in [-0.05, 0) is 63.6 Å². The Hall–Kier alpha value is -3.55. The molecule has 2 aromatic rings. The molecular weight excluding hydrogens is 434 g/mol. The molecule has 34 heavy (non-hydrogen) atoms. The van der Waals surface area contributed by atoms with Crippen LogP contribution in [0.15, 0.2) is 48.5 Å². The van der Waals surface area contributed by atoms with Crippen LogP contribution in [0.4, 0.5) is 16.2 Å². The van der Waals surface area contributed by atoms with Crippen molar-refractivity contribution in [2.24, 2.45) is 0 Å². The lowest BCUT2D eigenvalue weighted by Gasteiger charge is -2.36. The zero-order valence-electron chi connectivity index (χ0n) is 20.5. The molecule has 0 saturated carbocycles. The molecule has 1 unspecified atom stereocenters. The number of rotatable bonds is 5. The van der Waals surface area contributed by atoms with Crippen molar-refractivity contribution in [2.45, 2.75) is 39.2 Å². The van der Waals surface area contributed by atoms with E-state index in [2.05, 4.69) is 10.2 Å². The van der Waals surface area contributed by atoms with E-state index >= 15 is 0 Å². The summed E-state index contributed by atoms with van der Waals surface area (Å²) in [5.74, 6) is -0.996. The molecule has 0 bridgehead atoms.